The lowest BCUT2D eigenvalue weighted by Gasteiger charge is -2.31. The second-order valence-electron chi connectivity index (χ2n) is 5.55. The first kappa shape index (κ1) is 12.0. The van der Waals surface area contributed by atoms with Crippen molar-refractivity contribution in [3.05, 3.63) is 0 Å². The van der Waals surface area contributed by atoms with Gasteiger partial charge in [0.1, 0.15) is 0 Å². The van der Waals surface area contributed by atoms with Gasteiger partial charge < -0.3 is 5.11 Å². The largest absolute Gasteiger partial charge is 0.393 e. The summed E-state index contributed by atoms with van der Waals surface area (Å²) in [5.41, 5.74) is 0.381. The van der Waals surface area contributed by atoms with E-state index in [4.69, 9.17) is 0 Å². The topological polar surface area (TPSA) is 20.2 Å². The maximum atomic E-state index is 10.1. The Morgan fingerprint density at radius 1 is 1.36 bits per heavy atom. The van der Waals surface area contributed by atoms with Crippen LogP contribution in [0.4, 0.5) is 0 Å². The van der Waals surface area contributed by atoms with Gasteiger partial charge in [-0.25, -0.2) is 0 Å². The molecular formula is C13H26O. The lowest BCUT2D eigenvalue weighted by atomic mass is 9.77. The van der Waals surface area contributed by atoms with E-state index < -0.39 is 0 Å². The molecule has 1 aliphatic carbocycles. The van der Waals surface area contributed by atoms with Gasteiger partial charge in [0.25, 0.3) is 0 Å². The van der Waals surface area contributed by atoms with E-state index in [1.54, 1.807) is 0 Å². The third-order valence-electron chi connectivity index (χ3n) is 3.91. The Kier molecular flexibility index (Phi) is 4.43. The van der Waals surface area contributed by atoms with Gasteiger partial charge >= 0.3 is 0 Å². The van der Waals surface area contributed by atoms with Gasteiger partial charge in [-0.3, -0.25) is 0 Å². The zero-order valence-electron chi connectivity index (χ0n) is 10.1. The average molecular weight is 198 g/mol. The Morgan fingerprint density at radius 2 is 2.07 bits per heavy atom. The number of hydrogen-bond acceptors (Lipinski definition) is 1. The maximum Gasteiger partial charge on any atom is 0.0573 e. The van der Waals surface area contributed by atoms with E-state index in [0.717, 1.165) is 6.42 Å². The van der Waals surface area contributed by atoms with E-state index in [2.05, 4.69) is 20.8 Å². The lowest BCUT2D eigenvalue weighted by Crippen LogP contribution is -2.29. The molecule has 0 spiro atoms. The molecule has 0 bridgehead atoms. The smallest absolute Gasteiger partial charge is 0.0573 e. The van der Waals surface area contributed by atoms with Crippen molar-refractivity contribution in [1.29, 1.82) is 0 Å². The second kappa shape index (κ2) is 5.16. The number of hydrogen-bond donors (Lipinski definition) is 1. The van der Waals surface area contributed by atoms with E-state index in [0.29, 0.717) is 11.3 Å². The van der Waals surface area contributed by atoms with Gasteiger partial charge in [0.15, 0.2) is 0 Å². The molecule has 0 aromatic carbocycles. The van der Waals surface area contributed by atoms with Gasteiger partial charge in [-0.15, -0.1) is 0 Å². The highest BCUT2D eigenvalue weighted by atomic mass is 16.3. The summed E-state index contributed by atoms with van der Waals surface area (Å²) in [6, 6.07) is 0. The number of aliphatic hydroxyl groups excluding tert-OH is 1. The van der Waals surface area contributed by atoms with E-state index in [9.17, 15) is 5.11 Å². The summed E-state index contributed by atoms with van der Waals surface area (Å²) in [5, 5.41) is 10.1. The van der Waals surface area contributed by atoms with Crippen LogP contribution in [0.15, 0.2) is 0 Å². The molecule has 0 amide bonds. The van der Waals surface area contributed by atoms with Crippen molar-refractivity contribution in [3.8, 4) is 0 Å². The minimum atomic E-state index is -0.0425. The Morgan fingerprint density at radius 3 is 2.57 bits per heavy atom. The molecule has 1 aliphatic rings. The second-order valence-corrected chi connectivity index (χ2v) is 5.55. The van der Waals surface area contributed by atoms with Crippen LogP contribution in [0.2, 0.25) is 0 Å². The van der Waals surface area contributed by atoms with E-state index in [1.165, 1.54) is 38.5 Å². The van der Waals surface area contributed by atoms with Crippen LogP contribution < -0.4 is 0 Å². The SMILES string of the molecule is CCCCCC(O)C1CCCC1(C)C. The molecule has 0 radical (unpaired) electrons. The molecule has 0 saturated heterocycles. The summed E-state index contributed by atoms with van der Waals surface area (Å²) < 4.78 is 0. The number of rotatable bonds is 5. The van der Waals surface area contributed by atoms with Crippen molar-refractivity contribution in [2.24, 2.45) is 11.3 Å². The van der Waals surface area contributed by atoms with Crippen LogP contribution >= 0.6 is 0 Å². The predicted molar refractivity (Wildman–Crippen MR) is 61.3 cm³/mol. The Bertz CT molecular complexity index is 163. The molecule has 1 fully saturated rings. The molecule has 1 saturated carbocycles. The first-order valence-corrected chi connectivity index (χ1v) is 6.26. The fourth-order valence-corrected chi connectivity index (χ4v) is 2.87. The summed E-state index contributed by atoms with van der Waals surface area (Å²) in [4.78, 5) is 0. The average Bonchev–Trinajstić information content (AvgIpc) is 2.45. The fraction of sp³-hybridized carbons (Fsp3) is 1.00. The van der Waals surface area contributed by atoms with Crippen LogP contribution in [0.5, 0.6) is 0 Å². The Hall–Kier alpha value is -0.0400. The normalized spacial score (nSPS) is 27.9. The molecule has 1 nitrogen and oxygen atoms in total. The molecule has 0 aromatic heterocycles. The first-order chi connectivity index (χ1) is 6.58. The first-order valence-electron chi connectivity index (χ1n) is 6.26. The molecule has 1 N–H and O–H groups in total. The van der Waals surface area contributed by atoms with Crippen molar-refractivity contribution in [1.82, 2.24) is 0 Å². The van der Waals surface area contributed by atoms with Crippen LogP contribution in [-0.2, 0) is 0 Å². The summed E-state index contributed by atoms with van der Waals surface area (Å²) in [5.74, 6) is 0.555. The van der Waals surface area contributed by atoms with Crippen molar-refractivity contribution >= 4 is 0 Å². The highest BCUT2D eigenvalue weighted by Crippen LogP contribution is 2.45. The highest BCUT2D eigenvalue weighted by Gasteiger charge is 2.38. The third-order valence-corrected chi connectivity index (χ3v) is 3.91. The summed E-state index contributed by atoms with van der Waals surface area (Å²) in [7, 11) is 0. The minimum absolute atomic E-state index is 0.0425. The molecule has 0 heterocycles. The van der Waals surface area contributed by atoms with Crippen LogP contribution in [-0.4, -0.2) is 11.2 Å². The van der Waals surface area contributed by atoms with Gasteiger partial charge in [0, 0.05) is 0 Å². The molecule has 84 valence electrons. The molecule has 2 atom stereocenters. The van der Waals surface area contributed by atoms with Crippen molar-refractivity contribution in [2.75, 3.05) is 0 Å². The van der Waals surface area contributed by atoms with Crippen LogP contribution in [0, 0.1) is 11.3 Å². The van der Waals surface area contributed by atoms with E-state index in [-0.39, 0.29) is 6.10 Å². The number of aliphatic hydroxyl groups is 1. The molecule has 2 unspecified atom stereocenters. The van der Waals surface area contributed by atoms with Crippen LogP contribution in [0.1, 0.15) is 65.7 Å². The molecule has 14 heavy (non-hydrogen) atoms. The molecule has 0 aromatic rings. The van der Waals surface area contributed by atoms with Crippen LogP contribution in [0.3, 0.4) is 0 Å². The van der Waals surface area contributed by atoms with Crippen molar-refractivity contribution < 1.29 is 5.11 Å². The van der Waals surface area contributed by atoms with Gasteiger partial charge in [-0.1, -0.05) is 46.5 Å². The van der Waals surface area contributed by atoms with Gasteiger partial charge in [-0.05, 0) is 30.6 Å². The minimum Gasteiger partial charge on any atom is -0.393 e. The van der Waals surface area contributed by atoms with Gasteiger partial charge in [0.05, 0.1) is 6.10 Å². The van der Waals surface area contributed by atoms with E-state index >= 15 is 0 Å². The van der Waals surface area contributed by atoms with Crippen molar-refractivity contribution in [2.45, 2.75) is 71.8 Å². The summed E-state index contributed by atoms with van der Waals surface area (Å²) in [6.07, 6.45) is 8.53. The van der Waals surface area contributed by atoms with Crippen molar-refractivity contribution in [3.63, 3.8) is 0 Å². The zero-order chi connectivity index (χ0) is 10.6. The maximum absolute atomic E-state index is 10.1. The number of unbranched alkanes of at least 4 members (excludes halogenated alkanes) is 2. The standard InChI is InChI=1S/C13H26O/c1-4-5-6-9-12(14)11-8-7-10-13(11,2)3/h11-12,14H,4-10H2,1-3H3. The summed E-state index contributed by atoms with van der Waals surface area (Å²) in [6.45, 7) is 6.84. The van der Waals surface area contributed by atoms with E-state index in [1.807, 2.05) is 0 Å². The molecular weight excluding hydrogens is 172 g/mol. The Balaban J connectivity index is 2.32. The predicted octanol–water partition coefficient (Wildman–Crippen LogP) is 3.75. The molecule has 1 heteroatoms. The van der Waals surface area contributed by atoms with Gasteiger partial charge in [0.2, 0.25) is 0 Å². The zero-order valence-corrected chi connectivity index (χ0v) is 10.1. The third kappa shape index (κ3) is 2.98. The van der Waals surface area contributed by atoms with Crippen LogP contribution in [0.25, 0.3) is 0 Å². The molecule has 0 aliphatic heterocycles. The summed E-state index contributed by atoms with van der Waals surface area (Å²) >= 11 is 0. The molecule has 1 rings (SSSR count). The fourth-order valence-electron chi connectivity index (χ4n) is 2.87. The lowest BCUT2D eigenvalue weighted by molar-refractivity contribution is 0.0456. The van der Waals surface area contributed by atoms with Gasteiger partial charge in [-0.2, -0.15) is 0 Å². The Labute approximate surface area is 88.9 Å². The highest BCUT2D eigenvalue weighted by molar-refractivity contribution is 4.88. The quantitative estimate of drug-likeness (QED) is 0.667. The monoisotopic (exact) mass is 198 g/mol.